The van der Waals surface area contributed by atoms with Crippen LogP contribution in [-0.2, 0) is 13.1 Å². The first kappa shape index (κ1) is 19.5. The maximum Gasteiger partial charge on any atom is 0.273 e. The van der Waals surface area contributed by atoms with Gasteiger partial charge >= 0.3 is 0 Å². The third kappa shape index (κ3) is 4.04. The summed E-state index contributed by atoms with van der Waals surface area (Å²) in [7, 11) is 0. The van der Waals surface area contributed by atoms with Gasteiger partial charge in [-0.2, -0.15) is 0 Å². The molecule has 0 unspecified atom stereocenters. The predicted molar refractivity (Wildman–Crippen MR) is 114 cm³/mol. The summed E-state index contributed by atoms with van der Waals surface area (Å²) in [5.74, 6) is 1.30. The van der Waals surface area contributed by atoms with E-state index in [1.807, 2.05) is 16.7 Å². The van der Waals surface area contributed by atoms with E-state index < -0.39 is 0 Å². The van der Waals surface area contributed by atoms with Crippen molar-refractivity contribution in [3.63, 3.8) is 0 Å². The minimum atomic E-state index is -0.0890. The Morgan fingerprint density at radius 1 is 1.41 bits per heavy atom. The zero-order chi connectivity index (χ0) is 19.6. The van der Waals surface area contributed by atoms with Gasteiger partial charge in [-0.15, -0.1) is 6.58 Å². The Bertz CT molecular complexity index is 1090. The van der Waals surface area contributed by atoms with Crippen molar-refractivity contribution in [1.29, 1.82) is 0 Å². The monoisotopic (exact) mass is 401 g/mol. The van der Waals surface area contributed by atoms with E-state index >= 15 is 0 Å². The summed E-state index contributed by atoms with van der Waals surface area (Å²) >= 11 is 6.62. The zero-order valence-electron chi connectivity index (χ0n) is 15.8. The normalized spacial score (nSPS) is 11.3. The molecule has 0 atom stereocenters. The lowest BCUT2D eigenvalue weighted by atomic mass is 9.98. The fourth-order valence-electron chi connectivity index (χ4n) is 3.07. The Labute approximate surface area is 167 Å². The third-order valence-electron chi connectivity index (χ3n) is 4.42. The van der Waals surface area contributed by atoms with Crippen LogP contribution in [0.5, 0.6) is 5.75 Å². The molecule has 0 spiro atoms. The van der Waals surface area contributed by atoms with Crippen LogP contribution >= 0.6 is 23.6 Å². The van der Waals surface area contributed by atoms with Crippen molar-refractivity contribution in [3.05, 3.63) is 62.6 Å². The lowest BCUT2D eigenvalue weighted by Gasteiger charge is -2.13. The number of thiazole rings is 1. The third-order valence-corrected chi connectivity index (χ3v) is 5.85. The number of allylic oxidation sites excluding steroid dienone is 1. The van der Waals surface area contributed by atoms with Gasteiger partial charge in [-0.05, 0) is 48.3 Å². The second-order valence-corrected chi connectivity index (χ2v) is 8.33. The van der Waals surface area contributed by atoms with Gasteiger partial charge in [0.05, 0.1) is 6.54 Å². The molecule has 0 aliphatic heterocycles. The van der Waals surface area contributed by atoms with Crippen molar-refractivity contribution in [2.75, 3.05) is 6.61 Å². The van der Waals surface area contributed by atoms with Crippen molar-refractivity contribution in [3.8, 4) is 5.75 Å². The van der Waals surface area contributed by atoms with Crippen molar-refractivity contribution >= 4 is 33.9 Å². The maximum atomic E-state index is 12.7. The van der Waals surface area contributed by atoms with Crippen LogP contribution in [0.15, 0.2) is 42.0 Å². The van der Waals surface area contributed by atoms with Gasteiger partial charge in [0.25, 0.3) is 5.56 Å². The van der Waals surface area contributed by atoms with Crippen molar-refractivity contribution in [2.45, 2.75) is 39.8 Å². The van der Waals surface area contributed by atoms with E-state index in [4.69, 9.17) is 17.0 Å². The molecule has 0 radical (unpaired) electrons. The van der Waals surface area contributed by atoms with Gasteiger partial charge in [0.15, 0.2) is 9.60 Å². The molecule has 3 aromatic rings. The van der Waals surface area contributed by atoms with Gasteiger partial charge in [-0.25, -0.2) is 4.98 Å². The van der Waals surface area contributed by atoms with E-state index in [0.717, 1.165) is 5.75 Å². The molecule has 2 heterocycles. The van der Waals surface area contributed by atoms with Crippen LogP contribution in [0.25, 0.3) is 10.3 Å². The molecule has 0 bridgehead atoms. The smallest absolute Gasteiger partial charge is 0.273 e. The first-order chi connectivity index (χ1) is 12.9. The minimum Gasteiger partial charge on any atom is -0.492 e. The lowest BCUT2D eigenvalue weighted by Crippen LogP contribution is -2.23. The molecule has 142 valence electrons. The van der Waals surface area contributed by atoms with Crippen LogP contribution in [0, 0.1) is 10.9 Å². The topological polar surface area (TPSA) is 49.0 Å². The zero-order valence-corrected chi connectivity index (χ0v) is 17.4. The molecule has 0 aliphatic carbocycles. The number of benzene rings is 1. The fourth-order valence-corrected chi connectivity index (χ4v) is 4.38. The Kier molecular flexibility index (Phi) is 5.92. The van der Waals surface area contributed by atoms with E-state index in [0.29, 0.717) is 39.9 Å². The predicted octanol–water partition coefficient (Wildman–Crippen LogP) is 4.69. The average molecular weight is 402 g/mol. The molecule has 27 heavy (non-hydrogen) atoms. The SMILES string of the molecule is C=CCn1c(=S)sc2c(=O)n(CCOc3ccc(C(C)C)c(C)c3)cnc21. The van der Waals surface area contributed by atoms with Gasteiger partial charge in [0.1, 0.15) is 23.4 Å². The standard InChI is InChI=1S/C20H23N3O2S2/c1-5-8-23-18-17(27-20(23)26)19(24)22(12-21-18)9-10-25-15-6-7-16(13(2)3)14(4)11-15/h5-7,11-13H,1,8-10H2,2-4H3. The highest BCUT2D eigenvalue weighted by Gasteiger charge is 2.11. The molecule has 3 rings (SSSR count). The lowest BCUT2D eigenvalue weighted by molar-refractivity contribution is 0.295. The molecular formula is C20H23N3O2S2. The number of rotatable bonds is 7. The van der Waals surface area contributed by atoms with Gasteiger partial charge in [0, 0.05) is 6.54 Å². The van der Waals surface area contributed by atoms with Crippen LogP contribution in [0.1, 0.15) is 30.9 Å². The van der Waals surface area contributed by atoms with Crippen molar-refractivity contribution in [2.24, 2.45) is 0 Å². The molecule has 0 saturated carbocycles. The van der Waals surface area contributed by atoms with E-state index in [2.05, 4.69) is 38.4 Å². The highest BCUT2D eigenvalue weighted by Crippen LogP contribution is 2.23. The number of hydrogen-bond acceptors (Lipinski definition) is 5. The number of aryl methyl sites for hydroxylation is 1. The summed E-state index contributed by atoms with van der Waals surface area (Å²) in [5, 5.41) is 0. The first-order valence-electron chi connectivity index (χ1n) is 8.85. The minimum absolute atomic E-state index is 0.0890. The highest BCUT2D eigenvalue weighted by molar-refractivity contribution is 7.73. The molecule has 0 amide bonds. The van der Waals surface area contributed by atoms with Crippen LogP contribution in [-0.4, -0.2) is 20.7 Å². The number of ether oxygens (including phenoxy) is 1. The Balaban J connectivity index is 1.75. The number of nitrogens with zero attached hydrogens (tertiary/aromatic N) is 3. The quantitative estimate of drug-likeness (QED) is 0.426. The summed E-state index contributed by atoms with van der Waals surface area (Å²) in [6.45, 7) is 11.5. The van der Waals surface area contributed by atoms with Gasteiger partial charge in [-0.1, -0.05) is 37.3 Å². The summed E-state index contributed by atoms with van der Waals surface area (Å²) in [5.41, 5.74) is 3.06. The largest absolute Gasteiger partial charge is 0.492 e. The number of fused-ring (bicyclic) bond motifs is 1. The van der Waals surface area contributed by atoms with Gasteiger partial charge < -0.3 is 9.30 Å². The summed E-state index contributed by atoms with van der Waals surface area (Å²) in [4.78, 5) is 17.1. The molecule has 0 aliphatic rings. The molecule has 1 aromatic carbocycles. The van der Waals surface area contributed by atoms with E-state index in [-0.39, 0.29) is 5.56 Å². The van der Waals surface area contributed by atoms with Crippen LogP contribution in [0.4, 0.5) is 0 Å². The van der Waals surface area contributed by atoms with Gasteiger partial charge in [-0.3, -0.25) is 9.36 Å². The first-order valence-corrected chi connectivity index (χ1v) is 10.1. The second kappa shape index (κ2) is 8.19. The van der Waals surface area contributed by atoms with Crippen molar-refractivity contribution in [1.82, 2.24) is 14.1 Å². The van der Waals surface area contributed by atoms with E-state index in [1.165, 1.54) is 22.5 Å². The highest BCUT2D eigenvalue weighted by atomic mass is 32.1. The van der Waals surface area contributed by atoms with Crippen LogP contribution in [0.2, 0.25) is 0 Å². The van der Waals surface area contributed by atoms with E-state index in [9.17, 15) is 4.79 Å². The molecule has 5 nitrogen and oxygen atoms in total. The number of aromatic nitrogens is 3. The summed E-state index contributed by atoms with van der Waals surface area (Å²) in [6.07, 6.45) is 3.30. The van der Waals surface area contributed by atoms with Crippen LogP contribution < -0.4 is 10.3 Å². The summed E-state index contributed by atoms with van der Waals surface area (Å²) in [6, 6.07) is 6.12. The van der Waals surface area contributed by atoms with Gasteiger partial charge in [0.2, 0.25) is 0 Å². The van der Waals surface area contributed by atoms with Crippen molar-refractivity contribution < 1.29 is 4.74 Å². The molecule has 0 N–H and O–H groups in total. The van der Waals surface area contributed by atoms with Crippen LogP contribution in [0.3, 0.4) is 0 Å². The maximum absolute atomic E-state index is 12.7. The summed E-state index contributed by atoms with van der Waals surface area (Å²) < 4.78 is 10.4. The van der Waals surface area contributed by atoms with E-state index in [1.54, 1.807) is 17.0 Å². The Morgan fingerprint density at radius 2 is 2.19 bits per heavy atom. The molecular weight excluding hydrogens is 378 g/mol. The molecule has 7 heteroatoms. The fraction of sp³-hybridized carbons (Fsp3) is 0.350. The Hall–Kier alpha value is -2.25. The number of hydrogen-bond donors (Lipinski definition) is 0. The molecule has 0 fully saturated rings. The molecule has 2 aromatic heterocycles. The molecule has 0 saturated heterocycles. The Morgan fingerprint density at radius 3 is 2.85 bits per heavy atom. The average Bonchev–Trinajstić information content (AvgIpc) is 2.94. The second-order valence-electron chi connectivity index (χ2n) is 6.68.